The molecular weight excluding hydrogens is 204 g/mol. The van der Waals surface area contributed by atoms with Gasteiger partial charge in [0.15, 0.2) is 0 Å². The minimum Gasteiger partial charge on any atom is -0.396 e. The fourth-order valence-corrected chi connectivity index (χ4v) is 2.24. The van der Waals surface area contributed by atoms with Crippen LogP contribution in [-0.4, -0.2) is 30.8 Å². The van der Waals surface area contributed by atoms with Crippen molar-refractivity contribution in [3.63, 3.8) is 0 Å². The van der Waals surface area contributed by atoms with Crippen LogP contribution in [0.1, 0.15) is 44.9 Å². The lowest BCUT2D eigenvalue weighted by Crippen LogP contribution is -2.36. The van der Waals surface area contributed by atoms with Crippen LogP contribution in [0, 0.1) is 5.92 Å². The third-order valence-electron chi connectivity index (χ3n) is 3.17. The highest BCUT2D eigenvalue weighted by atomic mass is 16.3. The minimum atomic E-state index is -0.111. The van der Waals surface area contributed by atoms with Gasteiger partial charge in [-0.2, -0.15) is 0 Å². The van der Waals surface area contributed by atoms with E-state index in [0.717, 1.165) is 18.9 Å². The second-order valence-corrected chi connectivity index (χ2v) is 4.55. The lowest BCUT2D eigenvalue weighted by atomic mass is 10.0. The highest BCUT2D eigenvalue weighted by molar-refractivity contribution is 5.73. The molecule has 0 atom stereocenters. The van der Waals surface area contributed by atoms with Crippen molar-refractivity contribution in [2.75, 3.05) is 19.7 Å². The number of hydrogen-bond donors (Lipinski definition) is 3. The molecule has 0 bridgehead atoms. The molecule has 4 nitrogen and oxygen atoms in total. The van der Waals surface area contributed by atoms with E-state index >= 15 is 0 Å². The maximum absolute atomic E-state index is 11.2. The SMILES string of the molecule is O=C(NCCCO)NCCCC1CCCC1. The van der Waals surface area contributed by atoms with Crippen molar-refractivity contribution < 1.29 is 9.90 Å². The van der Waals surface area contributed by atoms with Gasteiger partial charge in [0.1, 0.15) is 0 Å². The van der Waals surface area contributed by atoms with Gasteiger partial charge in [0.2, 0.25) is 0 Å². The molecule has 1 fully saturated rings. The van der Waals surface area contributed by atoms with Crippen LogP contribution in [0.15, 0.2) is 0 Å². The van der Waals surface area contributed by atoms with Gasteiger partial charge in [0, 0.05) is 19.7 Å². The second kappa shape index (κ2) is 8.39. The monoisotopic (exact) mass is 228 g/mol. The molecule has 3 N–H and O–H groups in total. The molecule has 0 spiro atoms. The topological polar surface area (TPSA) is 61.4 Å². The van der Waals surface area contributed by atoms with Crippen LogP contribution >= 0.6 is 0 Å². The molecule has 0 aromatic rings. The molecule has 0 saturated heterocycles. The van der Waals surface area contributed by atoms with Gasteiger partial charge >= 0.3 is 6.03 Å². The lowest BCUT2D eigenvalue weighted by molar-refractivity contribution is 0.237. The van der Waals surface area contributed by atoms with E-state index in [1.165, 1.54) is 32.1 Å². The summed E-state index contributed by atoms with van der Waals surface area (Å²) in [7, 11) is 0. The Bertz CT molecular complexity index is 191. The van der Waals surface area contributed by atoms with Crippen molar-refractivity contribution in [1.82, 2.24) is 10.6 Å². The quantitative estimate of drug-likeness (QED) is 0.580. The molecule has 1 aliphatic carbocycles. The van der Waals surface area contributed by atoms with E-state index in [1.807, 2.05) is 0 Å². The molecule has 0 aliphatic heterocycles. The lowest BCUT2D eigenvalue weighted by Gasteiger charge is -2.09. The Balaban J connectivity index is 1.87. The molecule has 94 valence electrons. The molecule has 1 saturated carbocycles. The molecular formula is C12H24N2O2. The summed E-state index contributed by atoms with van der Waals surface area (Å²) >= 11 is 0. The number of nitrogens with one attached hydrogen (secondary N) is 2. The molecule has 16 heavy (non-hydrogen) atoms. The van der Waals surface area contributed by atoms with Crippen LogP contribution in [-0.2, 0) is 0 Å². The largest absolute Gasteiger partial charge is 0.396 e. The number of amides is 2. The van der Waals surface area contributed by atoms with Crippen molar-refractivity contribution in [2.24, 2.45) is 5.92 Å². The smallest absolute Gasteiger partial charge is 0.314 e. The Labute approximate surface area is 97.8 Å². The van der Waals surface area contributed by atoms with E-state index in [0.29, 0.717) is 13.0 Å². The molecule has 0 aromatic heterocycles. The van der Waals surface area contributed by atoms with Crippen molar-refractivity contribution >= 4 is 6.03 Å². The number of rotatable bonds is 7. The normalized spacial score (nSPS) is 16.3. The predicted molar refractivity (Wildman–Crippen MR) is 64.3 cm³/mol. The molecule has 0 radical (unpaired) electrons. The van der Waals surface area contributed by atoms with Crippen molar-refractivity contribution in [3.8, 4) is 0 Å². The molecule has 2 amide bonds. The van der Waals surface area contributed by atoms with Gasteiger partial charge < -0.3 is 15.7 Å². The van der Waals surface area contributed by atoms with E-state index in [9.17, 15) is 4.79 Å². The molecule has 4 heteroatoms. The van der Waals surface area contributed by atoms with Crippen LogP contribution in [0.5, 0.6) is 0 Å². The summed E-state index contributed by atoms with van der Waals surface area (Å²) in [5.41, 5.74) is 0. The van der Waals surface area contributed by atoms with E-state index in [-0.39, 0.29) is 12.6 Å². The predicted octanol–water partition coefficient (Wildman–Crippen LogP) is 1.64. The Hall–Kier alpha value is -0.770. The van der Waals surface area contributed by atoms with Crippen LogP contribution in [0.3, 0.4) is 0 Å². The van der Waals surface area contributed by atoms with Crippen LogP contribution in [0.25, 0.3) is 0 Å². The summed E-state index contributed by atoms with van der Waals surface area (Å²) in [6.07, 6.45) is 8.48. The van der Waals surface area contributed by atoms with Gasteiger partial charge in [-0.15, -0.1) is 0 Å². The molecule has 0 unspecified atom stereocenters. The summed E-state index contributed by atoms with van der Waals surface area (Å²) in [6.45, 7) is 1.44. The number of aliphatic hydroxyl groups excluding tert-OH is 1. The number of hydrogen-bond acceptors (Lipinski definition) is 2. The van der Waals surface area contributed by atoms with Gasteiger partial charge in [-0.3, -0.25) is 0 Å². The second-order valence-electron chi connectivity index (χ2n) is 4.55. The van der Waals surface area contributed by atoms with Crippen molar-refractivity contribution in [3.05, 3.63) is 0 Å². The first-order valence-corrected chi connectivity index (χ1v) is 6.45. The van der Waals surface area contributed by atoms with Gasteiger partial charge in [0.05, 0.1) is 0 Å². The Morgan fingerprint density at radius 2 is 1.75 bits per heavy atom. The summed E-state index contributed by atoms with van der Waals surface area (Å²) in [6, 6.07) is -0.111. The van der Waals surface area contributed by atoms with E-state index in [4.69, 9.17) is 5.11 Å². The van der Waals surface area contributed by atoms with Gasteiger partial charge in [0.25, 0.3) is 0 Å². The first kappa shape index (κ1) is 13.3. The molecule has 0 heterocycles. The summed E-state index contributed by atoms with van der Waals surface area (Å²) in [5.74, 6) is 0.902. The molecule has 1 aliphatic rings. The minimum absolute atomic E-state index is 0.111. The van der Waals surface area contributed by atoms with Crippen LogP contribution in [0.4, 0.5) is 4.79 Å². The van der Waals surface area contributed by atoms with E-state index < -0.39 is 0 Å². The summed E-state index contributed by atoms with van der Waals surface area (Å²) < 4.78 is 0. The number of carbonyl (C=O) groups excluding carboxylic acids is 1. The van der Waals surface area contributed by atoms with Gasteiger partial charge in [-0.1, -0.05) is 25.7 Å². The average molecular weight is 228 g/mol. The van der Waals surface area contributed by atoms with Crippen molar-refractivity contribution in [1.29, 1.82) is 0 Å². The number of aliphatic hydroxyl groups is 1. The molecule has 1 rings (SSSR count). The first-order valence-electron chi connectivity index (χ1n) is 6.45. The third-order valence-corrected chi connectivity index (χ3v) is 3.17. The molecule has 0 aromatic carbocycles. The van der Waals surface area contributed by atoms with Gasteiger partial charge in [-0.25, -0.2) is 4.79 Å². The van der Waals surface area contributed by atoms with Crippen molar-refractivity contribution in [2.45, 2.75) is 44.9 Å². The summed E-state index contributed by atoms with van der Waals surface area (Å²) in [4.78, 5) is 11.2. The zero-order chi connectivity index (χ0) is 11.6. The van der Waals surface area contributed by atoms with E-state index in [1.54, 1.807) is 0 Å². The standard InChI is InChI=1S/C12H24N2O2/c15-10-4-9-14-12(16)13-8-3-7-11-5-1-2-6-11/h11,15H,1-10H2,(H2,13,14,16). The third kappa shape index (κ3) is 5.95. The maximum Gasteiger partial charge on any atom is 0.314 e. The number of urea groups is 1. The fourth-order valence-electron chi connectivity index (χ4n) is 2.24. The summed E-state index contributed by atoms with van der Waals surface area (Å²) in [5, 5.41) is 14.1. The Morgan fingerprint density at radius 1 is 1.12 bits per heavy atom. The highest BCUT2D eigenvalue weighted by Gasteiger charge is 2.13. The average Bonchev–Trinajstić information content (AvgIpc) is 2.78. The fraction of sp³-hybridized carbons (Fsp3) is 0.917. The van der Waals surface area contributed by atoms with Crippen LogP contribution in [0.2, 0.25) is 0 Å². The van der Waals surface area contributed by atoms with Gasteiger partial charge in [-0.05, 0) is 25.2 Å². The zero-order valence-corrected chi connectivity index (χ0v) is 10.0. The number of carbonyl (C=O) groups is 1. The Kier molecular flexibility index (Phi) is 6.97. The Morgan fingerprint density at radius 3 is 2.38 bits per heavy atom. The first-order chi connectivity index (χ1) is 7.83. The maximum atomic E-state index is 11.2. The van der Waals surface area contributed by atoms with Crippen LogP contribution < -0.4 is 10.6 Å². The highest BCUT2D eigenvalue weighted by Crippen LogP contribution is 2.28. The zero-order valence-electron chi connectivity index (χ0n) is 10.0. The van der Waals surface area contributed by atoms with E-state index in [2.05, 4.69) is 10.6 Å².